The van der Waals surface area contributed by atoms with Crippen molar-refractivity contribution in [1.82, 2.24) is 19.5 Å². The van der Waals surface area contributed by atoms with E-state index in [0.717, 1.165) is 60.9 Å². The van der Waals surface area contributed by atoms with Gasteiger partial charge in [-0.2, -0.15) is 0 Å². The minimum absolute atomic E-state index is 0.556. The number of hydrogen-bond acceptors (Lipinski definition) is 4. The smallest absolute Gasteiger partial charge is 0.167 e. The maximum absolute atomic E-state index is 7.06. The van der Waals surface area contributed by atoms with Gasteiger partial charge in [-0.1, -0.05) is 170 Å². The SMILES string of the molecule is c1ccc(-c2cc(-c3ccccc3)cc(-c3ccc4c(c3)c3ccccc3n4-c3cccc4c3oc3c(-c5nc(-c6ccccc6)nc(-c6ccccc6)n5)cccc34)c2)cc1. The summed E-state index contributed by atoms with van der Waals surface area (Å²) < 4.78 is 9.41. The Morgan fingerprint density at radius 3 is 1.37 bits per heavy atom. The molecule has 0 N–H and O–H groups in total. The normalized spacial score (nSPS) is 11.5. The molecule has 9 aromatic carbocycles. The number of para-hydroxylation sites is 3. The molecule has 62 heavy (non-hydrogen) atoms. The molecular formula is C57H36N4O. The fourth-order valence-corrected chi connectivity index (χ4v) is 8.89. The monoisotopic (exact) mass is 792 g/mol. The van der Waals surface area contributed by atoms with Crippen molar-refractivity contribution in [2.24, 2.45) is 0 Å². The van der Waals surface area contributed by atoms with Crippen LogP contribution in [0.2, 0.25) is 0 Å². The van der Waals surface area contributed by atoms with Gasteiger partial charge < -0.3 is 8.98 Å². The van der Waals surface area contributed by atoms with Gasteiger partial charge in [0.1, 0.15) is 5.58 Å². The molecule has 12 aromatic rings. The summed E-state index contributed by atoms with van der Waals surface area (Å²) in [5, 5.41) is 4.37. The van der Waals surface area contributed by atoms with Crippen molar-refractivity contribution in [2.45, 2.75) is 0 Å². The summed E-state index contributed by atoms with van der Waals surface area (Å²) in [6.07, 6.45) is 0. The molecule has 0 spiro atoms. The Morgan fingerprint density at radius 1 is 0.290 bits per heavy atom. The molecule has 0 bridgehead atoms. The van der Waals surface area contributed by atoms with Crippen LogP contribution in [0.5, 0.6) is 0 Å². The zero-order valence-electron chi connectivity index (χ0n) is 33.5. The fourth-order valence-electron chi connectivity index (χ4n) is 8.89. The number of fused-ring (bicyclic) bond motifs is 6. The van der Waals surface area contributed by atoms with E-state index in [0.29, 0.717) is 17.5 Å². The van der Waals surface area contributed by atoms with Gasteiger partial charge in [0.2, 0.25) is 0 Å². The lowest BCUT2D eigenvalue weighted by Gasteiger charge is -2.12. The van der Waals surface area contributed by atoms with Crippen molar-refractivity contribution < 1.29 is 4.42 Å². The third-order valence-electron chi connectivity index (χ3n) is 11.8. The van der Waals surface area contributed by atoms with E-state index in [1.165, 1.54) is 38.6 Å². The molecule has 290 valence electrons. The Labute approximate surface area is 357 Å². The largest absolute Gasteiger partial charge is 0.453 e. The first-order valence-corrected chi connectivity index (χ1v) is 20.8. The molecule has 12 rings (SSSR count). The molecule has 0 radical (unpaired) electrons. The van der Waals surface area contributed by atoms with Crippen molar-refractivity contribution in [2.75, 3.05) is 0 Å². The molecular weight excluding hydrogens is 757 g/mol. The Bertz CT molecular complexity index is 3500. The Hall–Kier alpha value is -8.41. The minimum atomic E-state index is 0.556. The first-order chi connectivity index (χ1) is 30.7. The molecule has 3 aromatic heterocycles. The zero-order valence-corrected chi connectivity index (χ0v) is 33.5. The molecule has 5 nitrogen and oxygen atoms in total. The topological polar surface area (TPSA) is 56.7 Å². The summed E-state index contributed by atoms with van der Waals surface area (Å²) in [4.78, 5) is 15.1. The van der Waals surface area contributed by atoms with E-state index in [1.54, 1.807) is 0 Å². The number of hydrogen-bond donors (Lipinski definition) is 0. The minimum Gasteiger partial charge on any atom is -0.453 e. The molecule has 0 saturated carbocycles. The van der Waals surface area contributed by atoms with Crippen LogP contribution in [0.3, 0.4) is 0 Å². The Morgan fingerprint density at radius 2 is 0.758 bits per heavy atom. The summed E-state index contributed by atoms with van der Waals surface area (Å²) in [5.74, 6) is 1.77. The average molecular weight is 793 g/mol. The number of benzene rings is 9. The second kappa shape index (κ2) is 14.7. The van der Waals surface area contributed by atoms with E-state index in [1.807, 2.05) is 66.7 Å². The summed E-state index contributed by atoms with van der Waals surface area (Å²) >= 11 is 0. The van der Waals surface area contributed by atoms with Crippen LogP contribution in [-0.2, 0) is 0 Å². The first kappa shape index (κ1) is 35.5. The van der Waals surface area contributed by atoms with Gasteiger partial charge in [-0.3, -0.25) is 0 Å². The number of aromatic nitrogens is 4. The summed E-state index contributed by atoms with van der Waals surface area (Å²) in [6, 6.07) is 76.5. The highest BCUT2D eigenvalue weighted by molar-refractivity contribution is 6.14. The number of rotatable bonds is 7. The van der Waals surface area contributed by atoms with Gasteiger partial charge in [0, 0.05) is 32.7 Å². The van der Waals surface area contributed by atoms with E-state index in [2.05, 4.69) is 156 Å². The predicted octanol–water partition coefficient (Wildman–Crippen LogP) is 14.9. The molecule has 0 saturated heterocycles. The van der Waals surface area contributed by atoms with E-state index < -0.39 is 0 Å². The lowest BCUT2D eigenvalue weighted by Crippen LogP contribution is -2.00. The van der Waals surface area contributed by atoms with Gasteiger partial charge >= 0.3 is 0 Å². The lowest BCUT2D eigenvalue weighted by molar-refractivity contribution is 0.667. The molecule has 0 unspecified atom stereocenters. The van der Waals surface area contributed by atoms with Crippen LogP contribution in [0.1, 0.15) is 0 Å². The van der Waals surface area contributed by atoms with E-state index in [9.17, 15) is 0 Å². The summed E-state index contributed by atoms with van der Waals surface area (Å²) in [7, 11) is 0. The van der Waals surface area contributed by atoms with E-state index >= 15 is 0 Å². The van der Waals surface area contributed by atoms with E-state index in [-0.39, 0.29) is 0 Å². The third-order valence-corrected chi connectivity index (χ3v) is 11.8. The third kappa shape index (κ3) is 6.06. The predicted molar refractivity (Wildman–Crippen MR) is 254 cm³/mol. The molecule has 0 amide bonds. The van der Waals surface area contributed by atoms with Crippen molar-refractivity contribution >= 4 is 43.7 Å². The van der Waals surface area contributed by atoms with Crippen molar-refractivity contribution in [3.05, 3.63) is 218 Å². The molecule has 0 aliphatic rings. The molecule has 0 aliphatic carbocycles. The maximum Gasteiger partial charge on any atom is 0.167 e. The van der Waals surface area contributed by atoms with Gasteiger partial charge in [-0.15, -0.1) is 0 Å². The highest BCUT2D eigenvalue weighted by Gasteiger charge is 2.22. The Kier molecular flexibility index (Phi) is 8.42. The number of nitrogens with zero attached hydrogens (tertiary/aromatic N) is 4. The zero-order chi connectivity index (χ0) is 41.0. The van der Waals surface area contributed by atoms with Gasteiger partial charge in [0.05, 0.1) is 22.3 Å². The van der Waals surface area contributed by atoms with Crippen LogP contribution >= 0.6 is 0 Å². The van der Waals surface area contributed by atoms with Crippen LogP contribution in [0.15, 0.2) is 223 Å². The maximum atomic E-state index is 7.06. The highest BCUT2D eigenvalue weighted by Crippen LogP contribution is 2.42. The standard InChI is InChI=1S/C57H36N4O/c1-5-17-37(18-6-1)42-33-43(38-19-7-2-8-20-38)35-44(34-42)41-31-32-51-49(36-41)45-25-13-14-29-50(45)61(51)52-30-16-27-47-46-26-15-28-48(53(46)62-54(47)52)57-59-55(39-21-9-3-10-22-39)58-56(60-57)40-23-11-4-12-24-40/h1-36H. The molecule has 5 heteroatoms. The Balaban J connectivity index is 1.04. The van der Waals surface area contributed by atoms with Crippen molar-refractivity contribution in [1.29, 1.82) is 0 Å². The lowest BCUT2D eigenvalue weighted by atomic mass is 9.93. The number of furan rings is 1. The van der Waals surface area contributed by atoms with Crippen molar-refractivity contribution in [3.63, 3.8) is 0 Å². The first-order valence-electron chi connectivity index (χ1n) is 20.8. The molecule has 0 atom stereocenters. The van der Waals surface area contributed by atoms with Gasteiger partial charge in [-0.25, -0.2) is 15.0 Å². The van der Waals surface area contributed by atoms with Crippen LogP contribution in [-0.4, -0.2) is 19.5 Å². The van der Waals surface area contributed by atoms with Crippen LogP contribution in [0.25, 0.3) is 117 Å². The summed E-state index contributed by atoms with van der Waals surface area (Å²) in [6.45, 7) is 0. The second-order valence-electron chi connectivity index (χ2n) is 15.6. The molecule has 3 heterocycles. The van der Waals surface area contributed by atoms with Crippen LogP contribution < -0.4 is 0 Å². The van der Waals surface area contributed by atoms with E-state index in [4.69, 9.17) is 19.4 Å². The summed E-state index contributed by atoms with van der Waals surface area (Å²) in [5.41, 5.74) is 14.4. The fraction of sp³-hybridized carbons (Fsp3) is 0. The van der Waals surface area contributed by atoms with Gasteiger partial charge in [0.25, 0.3) is 0 Å². The van der Waals surface area contributed by atoms with Crippen molar-refractivity contribution in [3.8, 4) is 73.2 Å². The van der Waals surface area contributed by atoms with Gasteiger partial charge in [-0.05, 0) is 81.9 Å². The highest BCUT2D eigenvalue weighted by atomic mass is 16.3. The quantitative estimate of drug-likeness (QED) is 0.161. The van der Waals surface area contributed by atoms with Crippen LogP contribution in [0, 0.1) is 0 Å². The molecule has 0 aliphatic heterocycles. The molecule has 0 fully saturated rings. The van der Waals surface area contributed by atoms with Crippen LogP contribution in [0.4, 0.5) is 0 Å². The second-order valence-corrected chi connectivity index (χ2v) is 15.6. The van der Waals surface area contributed by atoms with Gasteiger partial charge in [0.15, 0.2) is 23.1 Å². The average Bonchev–Trinajstić information content (AvgIpc) is 3.91.